The van der Waals surface area contributed by atoms with Crippen LogP contribution in [0.3, 0.4) is 0 Å². The molecule has 1 rings (SSSR count). The van der Waals surface area contributed by atoms with Crippen molar-refractivity contribution in [1.29, 1.82) is 0 Å². The van der Waals surface area contributed by atoms with Crippen molar-refractivity contribution in [3.63, 3.8) is 0 Å². The fraction of sp³-hybridized carbons (Fsp3) is 0.417. The van der Waals surface area contributed by atoms with E-state index in [1.807, 2.05) is 0 Å². The summed E-state index contributed by atoms with van der Waals surface area (Å²) in [5.74, 6) is 0.0791. The van der Waals surface area contributed by atoms with Crippen molar-refractivity contribution in [3.05, 3.63) is 27.7 Å². The number of carbonyl (C=O) groups is 1. The van der Waals surface area contributed by atoms with Crippen LogP contribution in [0.15, 0.2) is 12.1 Å². The van der Waals surface area contributed by atoms with Crippen LogP contribution in [-0.2, 0) is 0 Å². The van der Waals surface area contributed by atoms with E-state index in [4.69, 9.17) is 27.9 Å². The molecular weight excluding hydrogens is 277 g/mol. The zero-order valence-electron chi connectivity index (χ0n) is 10.4. The van der Waals surface area contributed by atoms with Gasteiger partial charge in [0.25, 0.3) is 5.91 Å². The van der Waals surface area contributed by atoms with Crippen molar-refractivity contribution >= 4 is 29.1 Å². The maximum absolute atomic E-state index is 12.0. The number of carbonyl (C=O) groups excluding carboxylic acids is 1. The number of rotatable bonds is 4. The summed E-state index contributed by atoms with van der Waals surface area (Å²) in [5, 5.41) is 9.80. The van der Waals surface area contributed by atoms with Crippen molar-refractivity contribution in [2.24, 2.45) is 0 Å². The number of methoxy groups -OCH3 is 1. The molecule has 0 saturated heterocycles. The standard InChI is InChI=1S/C12H15Cl2NO3/c1-7(16)6-15(2)12(17)8-4-9(13)11(18-3)10(14)5-8/h4-5,7,16H,6H2,1-3H3. The minimum absolute atomic E-state index is 0.236. The molecule has 1 N–H and O–H groups in total. The number of hydrogen-bond acceptors (Lipinski definition) is 3. The molecule has 0 saturated carbocycles. The summed E-state index contributed by atoms with van der Waals surface area (Å²) in [6, 6.07) is 2.99. The number of nitrogens with zero attached hydrogens (tertiary/aromatic N) is 1. The number of ether oxygens (including phenoxy) is 1. The highest BCUT2D eigenvalue weighted by molar-refractivity contribution is 6.37. The molecule has 0 aliphatic carbocycles. The zero-order chi connectivity index (χ0) is 13.9. The van der Waals surface area contributed by atoms with Gasteiger partial charge >= 0.3 is 0 Å². The van der Waals surface area contributed by atoms with Gasteiger partial charge < -0.3 is 14.7 Å². The second-order valence-corrected chi connectivity index (χ2v) is 4.82. The predicted octanol–water partition coefficient (Wildman–Crippen LogP) is 2.45. The molecule has 100 valence electrons. The van der Waals surface area contributed by atoms with Gasteiger partial charge in [0.2, 0.25) is 0 Å². The van der Waals surface area contributed by atoms with Gasteiger partial charge in [-0.2, -0.15) is 0 Å². The molecule has 1 atom stereocenters. The molecule has 0 aromatic heterocycles. The van der Waals surface area contributed by atoms with E-state index in [0.717, 1.165) is 0 Å². The van der Waals surface area contributed by atoms with Gasteiger partial charge in [0, 0.05) is 19.2 Å². The molecule has 0 radical (unpaired) electrons. The topological polar surface area (TPSA) is 49.8 Å². The Morgan fingerprint density at radius 1 is 1.44 bits per heavy atom. The van der Waals surface area contributed by atoms with Gasteiger partial charge in [0.1, 0.15) is 0 Å². The molecule has 0 aliphatic rings. The minimum atomic E-state index is -0.594. The fourth-order valence-corrected chi connectivity index (χ4v) is 2.22. The normalized spacial score (nSPS) is 12.1. The van der Waals surface area contributed by atoms with Crippen molar-refractivity contribution in [2.45, 2.75) is 13.0 Å². The lowest BCUT2D eigenvalue weighted by atomic mass is 10.2. The molecular formula is C12H15Cl2NO3. The predicted molar refractivity (Wildman–Crippen MR) is 71.7 cm³/mol. The monoisotopic (exact) mass is 291 g/mol. The summed E-state index contributed by atoms with van der Waals surface area (Å²) in [6.45, 7) is 1.85. The molecule has 0 spiro atoms. The number of amides is 1. The van der Waals surface area contributed by atoms with E-state index < -0.39 is 6.10 Å². The van der Waals surface area contributed by atoms with Crippen molar-refractivity contribution in [3.8, 4) is 5.75 Å². The van der Waals surface area contributed by atoms with E-state index in [1.54, 1.807) is 14.0 Å². The molecule has 1 aromatic carbocycles. The molecule has 1 aromatic rings. The van der Waals surface area contributed by atoms with Crippen LogP contribution in [0.1, 0.15) is 17.3 Å². The highest BCUT2D eigenvalue weighted by Gasteiger charge is 2.17. The Kier molecular flexibility index (Phi) is 5.26. The molecule has 4 nitrogen and oxygen atoms in total. The van der Waals surface area contributed by atoms with E-state index >= 15 is 0 Å². The third-order valence-electron chi connectivity index (χ3n) is 2.33. The van der Waals surface area contributed by atoms with Crippen LogP contribution in [0.25, 0.3) is 0 Å². The third-order valence-corrected chi connectivity index (χ3v) is 2.90. The van der Waals surface area contributed by atoms with Crippen molar-refractivity contribution < 1.29 is 14.6 Å². The molecule has 0 aliphatic heterocycles. The molecule has 18 heavy (non-hydrogen) atoms. The highest BCUT2D eigenvalue weighted by Crippen LogP contribution is 2.34. The van der Waals surface area contributed by atoms with Crippen molar-refractivity contribution in [1.82, 2.24) is 4.90 Å². The van der Waals surface area contributed by atoms with Gasteiger partial charge in [0.05, 0.1) is 23.3 Å². The Morgan fingerprint density at radius 2 is 1.94 bits per heavy atom. The van der Waals surface area contributed by atoms with Crippen LogP contribution in [0.2, 0.25) is 10.0 Å². The molecule has 0 heterocycles. The lowest BCUT2D eigenvalue weighted by molar-refractivity contribution is 0.0703. The number of halogens is 2. The van der Waals surface area contributed by atoms with Crippen LogP contribution < -0.4 is 4.74 Å². The van der Waals surface area contributed by atoms with E-state index in [1.165, 1.54) is 24.1 Å². The Balaban J connectivity index is 3.00. The second-order valence-electron chi connectivity index (χ2n) is 4.01. The van der Waals surface area contributed by atoms with E-state index in [9.17, 15) is 9.90 Å². The first-order valence-electron chi connectivity index (χ1n) is 5.33. The first-order chi connectivity index (χ1) is 8.36. The Labute approximate surface area is 116 Å². The smallest absolute Gasteiger partial charge is 0.253 e. The molecule has 0 bridgehead atoms. The lowest BCUT2D eigenvalue weighted by Gasteiger charge is -2.19. The van der Waals surface area contributed by atoms with Gasteiger partial charge in [-0.1, -0.05) is 23.2 Å². The number of aliphatic hydroxyl groups is 1. The van der Waals surface area contributed by atoms with E-state index in [-0.39, 0.29) is 22.5 Å². The fourth-order valence-electron chi connectivity index (χ4n) is 1.58. The Bertz CT molecular complexity index is 426. The van der Waals surface area contributed by atoms with Crippen LogP contribution >= 0.6 is 23.2 Å². The van der Waals surface area contributed by atoms with Crippen LogP contribution in [-0.4, -0.2) is 42.7 Å². The molecule has 6 heteroatoms. The maximum Gasteiger partial charge on any atom is 0.253 e. The summed E-state index contributed by atoms with van der Waals surface area (Å²) in [7, 11) is 3.05. The quantitative estimate of drug-likeness (QED) is 0.927. The van der Waals surface area contributed by atoms with Gasteiger partial charge in [-0.15, -0.1) is 0 Å². The van der Waals surface area contributed by atoms with Crippen LogP contribution in [0.5, 0.6) is 5.75 Å². The van der Waals surface area contributed by atoms with Crippen LogP contribution in [0.4, 0.5) is 0 Å². The average molecular weight is 292 g/mol. The summed E-state index contributed by atoms with van der Waals surface area (Å²) in [6.07, 6.45) is -0.594. The van der Waals surface area contributed by atoms with Gasteiger partial charge in [-0.3, -0.25) is 4.79 Å². The lowest BCUT2D eigenvalue weighted by Crippen LogP contribution is -2.33. The van der Waals surface area contributed by atoms with Crippen LogP contribution in [0, 0.1) is 0 Å². The van der Waals surface area contributed by atoms with E-state index in [2.05, 4.69) is 0 Å². The number of benzene rings is 1. The van der Waals surface area contributed by atoms with Gasteiger partial charge in [-0.25, -0.2) is 0 Å². The van der Waals surface area contributed by atoms with Gasteiger partial charge in [0.15, 0.2) is 5.75 Å². The number of likely N-dealkylation sites (N-methyl/N-ethyl adjacent to an activating group) is 1. The largest absolute Gasteiger partial charge is 0.494 e. The molecule has 1 amide bonds. The van der Waals surface area contributed by atoms with E-state index in [0.29, 0.717) is 11.3 Å². The first-order valence-corrected chi connectivity index (χ1v) is 6.09. The Morgan fingerprint density at radius 3 is 2.33 bits per heavy atom. The number of hydrogen-bond donors (Lipinski definition) is 1. The number of aliphatic hydroxyl groups excluding tert-OH is 1. The highest BCUT2D eigenvalue weighted by atomic mass is 35.5. The second kappa shape index (κ2) is 6.27. The zero-order valence-corrected chi connectivity index (χ0v) is 11.9. The minimum Gasteiger partial charge on any atom is -0.494 e. The van der Waals surface area contributed by atoms with Gasteiger partial charge in [-0.05, 0) is 19.1 Å². The maximum atomic E-state index is 12.0. The SMILES string of the molecule is COc1c(Cl)cc(C(=O)N(C)CC(C)O)cc1Cl. The summed E-state index contributed by atoms with van der Waals surface area (Å²) < 4.78 is 5.01. The van der Waals surface area contributed by atoms with Crippen molar-refractivity contribution in [2.75, 3.05) is 20.7 Å². The summed E-state index contributed by atoms with van der Waals surface area (Å²) in [4.78, 5) is 13.4. The molecule has 1 unspecified atom stereocenters. The summed E-state index contributed by atoms with van der Waals surface area (Å²) in [5.41, 5.74) is 0.356. The third kappa shape index (κ3) is 3.51. The summed E-state index contributed by atoms with van der Waals surface area (Å²) >= 11 is 11.9. The average Bonchev–Trinajstić information content (AvgIpc) is 2.26. The first kappa shape index (κ1) is 15.1. The molecule has 0 fully saturated rings. The Hall–Kier alpha value is -0.970.